The predicted molar refractivity (Wildman–Crippen MR) is 126 cm³/mol. The third kappa shape index (κ3) is 5.11. The number of rotatable bonds is 9. The molecule has 6 nitrogen and oxygen atoms in total. The van der Waals surface area contributed by atoms with Crippen LogP contribution in [0.25, 0.3) is 11.4 Å². The van der Waals surface area contributed by atoms with Crippen molar-refractivity contribution >= 4 is 17.7 Å². The lowest BCUT2D eigenvalue weighted by molar-refractivity contribution is -0.129. The lowest BCUT2D eigenvalue weighted by Crippen LogP contribution is -2.31. The molecule has 2 aromatic carbocycles. The molecule has 4 aromatic rings. The maximum Gasteiger partial charge on any atom is 0.233 e. The van der Waals surface area contributed by atoms with E-state index in [2.05, 4.69) is 40.7 Å². The molecule has 0 bridgehead atoms. The Hall–Kier alpha value is -3.32. The number of aryl methyl sites for hydroxylation is 1. The maximum absolute atomic E-state index is 13.2. The van der Waals surface area contributed by atoms with Gasteiger partial charge < -0.3 is 13.9 Å². The van der Waals surface area contributed by atoms with E-state index in [0.29, 0.717) is 13.1 Å². The SMILES string of the molecule is CCn1c(SCC(=O)N(Cc2ccccc2)Cc2ccco2)nnc1-c1ccccc1C. The van der Waals surface area contributed by atoms with Gasteiger partial charge in [0.05, 0.1) is 18.6 Å². The van der Waals surface area contributed by atoms with Crippen molar-refractivity contribution < 1.29 is 9.21 Å². The molecule has 0 radical (unpaired) electrons. The largest absolute Gasteiger partial charge is 0.467 e. The number of hydrogen-bond donors (Lipinski definition) is 0. The lowest BCUT2D eigenvalue weighted by atomic mass is 10.1. The van der Waals surface area contributed by atoms with Crippen LogP contribution in [0, 0.1) is 6.92 Å². The second kappa shape index (κ2) is 10.3. The van der Waals surface area contributed by atoms with E-state index >= 15 is 0 Å². The van der Waals surface area contributed by atoms with Gasteiger partial charge in [-0.05, 0) is 37.1 Å². The maximum atomic E-state index is 13.2. The molecular weight excluding hydrogens is 420 g/mol. The summed E-state index contributed by atoms with van der Waals surface area (Å²) in [4.78, 5) is 15.0. The fraction of sp³-hybridized carbons (Fsp3) is 0.240. The van der Waals surface area contributed by atoms with Crippen LogP contribution in [0.15, 0.2) is 82.6 Å². The van der Waals surface area contributed by atoms with Gasteiger partial charge in [-0.2, -0.15) is 0 Å². The summed E-state index contributed by atoms with van der Waals surface area (Å²) in [5.41, 5.74) is 3.29. The van der Waals surface area contributed by atoms with Gasteiger partial charge in [-0.25, -0.2) is 0 Å². The van der Waals surface area contributed by atoms with Gasteiger partial charge in [0.25, 0.3) is 0 Å². The summed E-state index contributed by atoms with van der Waals surface area (Å²) in [6.45, 7) is 5.81. The van der Waals surface area contributed by atoms with Crippen molar-refractivity contribution in [2.24, 2.45) is 0 Å². The summed E-state index contributed by atoms with van der Waals surface area (Å²) >= 11 is 1.42. The van der Waals surface area contributed by atoms with Crippen LogP contribution < -0.4 is 0 Å². The number of amides is 1. The average molecular weight is 447 g/mol. The average Bonchev–Trinajstić information content (AvgIpc) is 3.47. The molecule has 0 aliphatic heterocycles. The number of nitrogens with zero attached hydrogens (tertiary/aromatic N) is 4. The number of hydrogen-bond acceptors (Lipinski definition) is 5. The van der Waals surface area contributed by atoms with Crippen LogP contribution >= 0.6 is 11.8 Å². The van der Waals surface area contributed by atoms with E-state index in [-0.39, 0.29) is 11.7 Å². The lowest BCUT2D eigenvalue weighted by Gasteiger charge is -2.22. The number of benzene rings is 2. The van der Waals surface area contributed by atoms with Crippen LogP contribution in [0.4, 0.5) is 0 Å². The quantitative estimate of drug-likeness (QED) is 0.331. The van der Waals surface area contributed by atoms with E-state index in [1.807, 2.05) is 59.5 Å². The molecule has 2 aromatic heterocycles. The van der Waals surface area contributed by atoms with Gasteiger partial charge in [0.2, 0.25) is 5.91 Å². The van der Waals surface area contributed by atoms with E-state index in [0.717, 1.165) is 40.0 Å². The Morgan fingerprint density at radius 2 is 1.78 bits per heavy atom. The second-order valence-corrected chi connectivity index (χ2v) is 8.41. The molecular formula is C25H26N4O2S. The number of carbonyl (C=O) groups excluding carboxylic acids is 1. The van der Waals surface area contributed by atoms with Gasteiger partial charge in [0, 0.05) is 18.7 Å². The summed E-state index contributed by atoms with van der Waals surface area (Å²) < 4.78 is 7.55. The predicted octanol–water partition coefficient (Wildman–Crippen LogP) is 5.19. The first-order valence-electron chi connectivity index (χ1n) is 10.6. The van der Waals surface area contributed by atoms with Crippen molar-refractivity contribution in [3.05, 3.63) is 89.9 Å². The van der Waals surface area contributed by atoms with Gasteiger partial charge in [-0.1, -0.05) is 66.4 Å². The molecule has 7 heteroatoms. The van der Waals surface area contributed by atoms with Crippen LogP contribution in [0.2, 0.25) is 0 Å². The molecule has 0 fully saturated rings. The summed E-state index contributed by atoms with van der Waals surface area (Å²) in [7, 11) is 0. The van der Waals surface area contributed by atoms with Gasteiger partial charge >= 0.3 is 0 Å². The number of furan rings is 1. The normalized spacial score (nSPS) is 10.9. The van der Waals surface area contributed by atoms with E-state index < -0.39 is 0 Å². The first kappa shape index (κ1) is 21.9. The van der Waals surface area contributed by atoms with Gasteiger partial charge in [-0.15, -0.1) is 10.2 Å². The minimum Gasteiger partial charge on any atom is -0.467 e. The first-order valence-corrected chi connectivity index (χ1v) is 11.6. The van der Waals surface area contributed by atoms with Gasteiger partial charge in [0.15, 0.2) is 11.0 Å². The molecule has 0 unspecified atom stereocenters. The van der Waals surface area contributed by atoms with E-state index in [4.69, 9.17) is 4.42 Å². The van der Waals surface area contributed by atoms with Crippen molar-refractivity contribution in [1.82, 2.24) is 19.7 Å². The molecule has 1 amide bonds. The fourth-order valence-electron chi connectivity index (χ4n) is 3.55. The summed E-state index contributed by atoms with van der Waals surface area (Å²) in [6.07, 6.45) is 1.63. The Balaban J connectivity index is 1.50. The summed E-state index contributed by atoms with van der Waals surface area (Å²) in [5, 5.41) is 9.55. The van der Waals surface area contributed by atoms with E-state index in [9.17, 15) is 4.79 Å². The Kier molecular flexibility index (Phi) is 7.07. The topological polar surface area (TPSA) is 64.2 Å². The summed E-state index contributed by atoms with van der Waals surface area (Å²) in [6, 6.07) is 21.9. The number of aromatic nitrogens is 3. The number of carbonyl (C=O) groups is 1. The monoisotopic (exact) mass is 446 g/mol. The Bertz CT molecular complexity index is 1160. The standard InChI is InChI=1S/C25H26N4O2S/c1-3-29-24(22-14-8-7-10-19(22)2)26-27-25(29)32-18-23(30)28(17-21-13-9-15-31-21)16-20-11-5-4-6-12-20/h4-15H,3,16-18H2,1-2H3. The highest BCUT2D eigenvalue weighted by molar-refractivity contribution is 7.99. The highest BCUT2D eigenvalue weighted by atomic mass is 32.2. The minimum atomic E-state index is 0.0262. The zero-order valence-corrected chi connectivity index (χ0v) is 19.1. The van der Waals surface area contributed by atoms with Crippen LogP contribution in [-0.4, -0.2) is 31.3 Å². The van der Waals surface area contributed by atoms with Crippen molar-refractivity contribution in [3.63, 3.8) is 0 Å². The van der Waals surface area contributed by atoms with Gasteiger partial charge in [0.1, 0.15) is 5.76 Å². The first-order chi connectivity index (χ1) is 15.7. The zero-order valence-electron chi connectivity index (χ0n) is 18.3. The van der Waals surface area contributed by atoms with Crippen LogP contribution in [-0.2, 0) is 24.4 Å². The molecule has 0 saturated carbocycles. The molecule has 2 heterocycles. The molecule has 32 heavy (non-hydrogen) atoms. The molecule has 0 atom stereocenters. The van der Waals surface area contributed by atoms with Crippen LogP contribution in [0.3, 0.4) is 0 Å². The zero-order chi connectivity index (χ0) is 22.3. The third-order valence-corrected chi connectivity index (χ3v) is 6.19. The third-order valence-electron chi connectivity index (χ3n) is 5.24. The molecule has 0 aliphatic carbocycles. The Morgan fingerprint density at radius 3 is 2.50 bits per heavy atom. The highest BCUT2D eigenvalue weighted by Gasteiger charge is 2.20. The molecule has 164 valence electrons. The molecule has 0 saturated heterocycles. The second-order valence-electron chi connectivity index (χ2n) is 7.47. The number of thioether (sulfide) groups is 1. The van der Waals surface area contributed by atoms with Crippen molar-refractivity contribution in [1.29, 1.82) is 0 Å². The Morgan fingerprint density at radius 1 is 1.00 bits per heavy atom. The molecule has 4 rings (SSSR count). The minimum absolute atomic E-state index is 0.0262. The van der Waals surface area contributed by atoms with Crippen LogP contribution in [0.5, 0.6) is 0 Å². The van der Waals surface area contributed by atoms with Crippen molar-refractivity contribution in [2.45, 2.75) is 38.6 Å². The highest BCUT2D eigenvalue weighted by Crippen LogP contribution is 2.26. The van der Waals surface area contributed by atoms with Crippen molar-refractivity contribution in [2.75, 3.05) is 5.75 Å². The van der Waals surface area contributed by atoms with Crippen LogP contribution in [0.1, 0.15) is 23.8 Å². The fourth-order valence-corrected chi connectivity index (χ4v) is 4.45. The molecule has 0 spiro atoms. The summed E-state index contributed by atoms with van der Waals surface area (Å²) in [5.74, 6) is 1.90. The van der Waals surface area contributed by atoms with Crippen molar-refractivity contribution in [3.8, 4) is 11.4 Å². The van der Waals surface area contributed by atoms with Gasteiger partial charge in [-0.3, -0.25) is 4.79 Å². The smallest absolute Gasteiger partial charge is 0.233 e. The molecule has 0 aliphatic rings. The molecule has 0 N–H and O–H groups in total. The van der Waals surface area contributed by atoms with E-state index in [1.165, 1.54) is 11.8 Å². The Labute approximate surface area is 192 Å². The van der Waals surface area contributed by atoms with E-state index in [1.54, 1.807) is 6.26 Å².